The van der Waals surface area contributed by atoms with Gasteiger partial charge in [0.05, 0.1) is 0 Å². The van der Waals surface area contributed by atoms with E-state index < -0.39 is 0 Å². The third-order valence-corrected chi connectivity index (χ3v) is 3.15. The molecule has 0 saturated carbocycles. The molecule has 0 fully saturated rings. The Hall–Kier alpha value is -2.41. The lowest BCUT2D eigenvalue weighted by Crippen LogP contribution is -1.84. The van der Waals surface area contributed by atoms with E-state index in [2.05, 4.69) is 12.1 Å². The molecule has 3 aromatic carbocycles. The van der Waals surface area contributed by atoms with Crippen LogP contribution in [0.5, 0.6) is 0 Å². The quantitative estimate of drug-likeness (QED) is 0.587. The summed E-state index contributed by atoms with van der Waals surface area (Å²) in [6.07, 6.45) is 0. The second kappa shape index (κ2) is 5.07. The lowest BCUT2D eigenvalue weighted by molar-refractivity contribution is 0.631. The highest BCUT2D eigenvalue weighted by atomic mass is 19.1. The lowest BCUT2D eigenvalue weighted by atomic mass is 9.99. The van der Waals surface area contributed by atoms with E-state index in [1.54, 1.807) is 12.1 Å². The van der Waals surface area contributed by atoms with Crippen LogP contribution < -0.4 is 0 Å². The summed E-state index contributed by atoms with van der Waals surface area (Å²) in [5.74, 6) is -0.187. The predicted octanol–water partition coefficient (Wildman–Crippen LogP) is 5.16. The predicted molar refractivity (Wildman–Crippen MR) is 77.3 cm³/mol. The fourth-order valence-electron chi connectivity index (χ4n) is 2.19. The molecular formula is C18H13F. The molecule has 92 valence electrons. The molecule has 0 N–H and O–H groups in total. The highest BCUT2D eigenvalue weighted by Crippen LogP contribution is 2.27. The minimum absolute atomic E-state index is 0.187. The maximum atomic E-state index is 13.8. The van der Waals surface area contributed by atoms with Crippen molar-refractivity contribution in [1.29, 1.82) is 0 Å². The molecule has 0 aliphatic rings. The first-order valence-electron chi connectivity index (χ1n) is 6.25. The zero-order chi connectivity index (χ0) is 13.1. The van der Waals surface area contributed by atoms with E-state index >= 15 is 0 Å². The summed E-state index contributed by atoms with van der Waals surface area (Å²) in [5.41, 5.74) is 3.78. The van der Waals surface area contributed by atoms with Gasteiger partial charge in [0.25, 0.3) is 0 Å². The van der Waals surface area contributed by atoms with E-state index in [0.717, 1.165) is 16.7 Å². The van der Waals surface area contributed by atoms with Crippen LogP contribution in [0.3, 0.4) is 0 Å². The van der Waals surface area contributed by atoms with Gasteiger partial charge in [0.2, 0.25) is 0 Å². The summed E-state index contributed by atoms with van der Waals surface area (Å²) < 4.78 is 13.8. The van der Waals surface area contributed by atoms with Gasteiger partial charge in [-0.1, -0.05) is 66.7 Å². The maximum absolute atomic E-state index is 13.8. The van der Waals surface area contributed by atoms with Gasteiger partial charge in [0.1, 0.15) is 5.82 Å². The zero-order valence-corrected chi connectivity index (χ0v) is 10.4. The molecule has 0 bridgehead atoms. The number of hydrogen-bond donors (Lipinski definition) is 0. The molecule has 1 heteroatoms. The maximum Gasteiger partial charge on any atom is 0.131 e. The minimum atomic E-state index is -0.187. The van der Waals surface area contributed by atoms with E-state index in [1.807, 2.05) is 48.5 Å². The van der Waals surface area contributed by atoms with Gasteiger partial charge in [-0.2, -0.15) is 0 Å². The van der Waals surface area contributed by atoms with Crippen molar-refractivity contribution in [2.45, 2.75) is 0 Å². The molecule has 19 heavy (non-hydrogen) atoms. The Kier molecular flexibility index (Phi) is 3.11. The average Bonchev–Trinajstić information content (AvgIpc) is 2.49. The fourth-order valence-corrected chi connectivity index (χ4v) is 2.19. The van der Waals surface area contributed by atoms with Crippen LogP contribution in [-0.4, -0.2) is 0 Å². The summed E-state index contributed by atoms with van der Waals surface area (Å²) in [6, 6.07) is 24.9. The van der Waals surface area contributed by atoms with Crippen molar-refractivity contribution in [1.82, 2.24) is 0 Å². The zero-order valence-electron chi connectivity index (χ0n) is 10.4. The van der Waals surface area contributed by atoms with E-state index in [-0.39, 0.29) is 5.82 Å². The van der Waals surface area contributed by atoms with E-state index in [4.69, 9.17) is 0 Å². The van der Waals surface area contributed by atoms with Crippen LogP contribution >= 0.6 is 0 Å². The van der Waals surface area contributed by atoms with Crippen LogP contribution in [0.1, 0.15) is 0 Å². The molecular weight excluding hydrogens is 235 g/mol. The first-order chi connectivity index (χ1) is 9.34. The Morgan fingerprint density at radius 3 is 1.95 bits per heavy atom. The molecule has 0 amide bonds. The Bertz CT molecular complexity index is 687. The standard InChI is InChI=1S/C18H13F/c19-18-12-5-4-11-17(18)16-10-6-9-15(13-16)14-7-2-1-3-8-14/h1-13H. The monoisotopic (exact) mass is 248 g/mol. The molecule has 3 rings (SSSR count). The minimum Gasteiger partial charge on any atom is -0.206 e. The molecule has 0 aliphatic carbocycles. The van der Waals surface area contributed by atoms with Crippen LogP contribution in [0.2, 0.25) is 0 Å². The number of benzene rings is 3. The van der Waals surface area contributed by atoms with Crippen LogP contribution in [0.25, 0.3) is 22.3 Å². The third kappa shape index (κ3) is 2.41. The first-order valence-corrected chi connectivity index (χ1v) is 6.25. The van der Waals surface area contributed by atoms with Crippen molar-refractivity contribution in [2.24, 2.45) is 0 Å². The molecule has 0 atom stereocenters. The van der Waals surface area contributed by atoms with Gasteiger partial charge in [-0.3, -0.25) is 0 Å². The SMILES string of the molecule is Fc1ccccc1-c1cccc(-c2ccccc2)c1. The summed E-state index contributed by atoms with van der Waals surface area (Å²) in [6.45, 7) is 0. The Morgan fingerprint density at radius 2 is 1.16 bits per heavy atom. The van der Waals surface area contributed by atoms with Crippen molar-refractivity contribution in [2.75, 3.05) is 0 Å². The molecule has 0 aromatic heterocycles. The van der Waals surface area contributed by atoms with E-state index in [0.29, 0.717) is 5.56 Å². The highest BCUT2D eigenvalue weighted by Gasteiger charge is 2.05. The normalized spacial score (nSPS) is 10.4. The van der Waals surface area contributed by atoms with Crippen molar-refractivity contribution in [3.05, 3.63) is 84.7 Å². The van der Waals surface area contributed by atoms with Crippen LogP contribution in [0.15, 0.2) is 78.9 Å². The summed E-state index contributed by atoms with van der Waals surface area (Å²) in [7, 11) is 0. The van der Waals surface area contributed by atoms with Crippen molar-refractivity contribution in [3.8, 4) is 22.3 Å². The largest absolute Gasteiger partial charge is 0.206 e. The third-order valence-electron chi connectivity index (χ3n) is 3.15. The van der Waals surface area contributed by atoms with Gasteiger partial charge in [0.15, 0.2) is 0 Å². The molecule has 3 aromatic rings. The Morgan fingerprint density at radius 1 is 0.526 bits per heavy atom. The van der Waals surface area contributed by atoms with Crippen LogP contribution in [0.4, 0.5) is 4.39 Å². The van der Waals surface area contributed by atoms with Gasteiger partial charge in [0, 0.05) is 5.56 Å². The molecule has 0 spiro atoms. The Labute approximate surface area is 112 Å². The van der Waals surface area contributed by atoms with Crippen molar-refractivity contribution < 1.29 is 4.39 Å². The lowest BCUT2D eigenvalue weighted by Gasteiger charge is -2.06. The molecule has 0 heterocycles. The van der Waals surface area contributed by atoms with E-state index in [1.165, 1.54) is 6.07 Å². The summed E-state index contributed by atoms with van der Waals surface area (Å²) in [4.78, 5) is 0. The van der Waals surface area contributed by atoms with E-state index in [9.17, 15) is 4.39 Å². The summed E-state index contributed by atoms with van der Waals surface area (Å²) >= 11 is 0. The smallest absolute Gasteiger partial charge is 0.131 e. The van der Waals surface area contributed by atoms with Crippen molar-refractivity contribution >= 4 is 0 Å². The second-order valence-corrected chi connectivity index (χ2v) is 4.43. The molecule has 0 radical (unpaired) electrons. The topological polar surface area (TPSA) is 0 Å². The number of halogens is 1. The van der Waals surface area contributed by atoms with Crippen LogP contribution in [0, 0.1) is 5.82 Å². The highest BCUT2D eigenvalue weighted by molar-refractivity contribution is 5.73. The summed E-state index contributed by atoms with van der Waals surface area (Å²) in [5, 5.41) is 0. The second-order valence-electron chi connectivity index (χ2n) is 4.43. The fraction of sp³-hybridized carbons (Fsp3) is 0. The molecule has 0 unspecified atom stereocenters. The molecule has 0 saturated heterocycles. The van der Waals surface area contributed by atoms with Crippen molar-refractivity contribution in [3.63, 3.8) is 0 Å². The van der Waals surface area contributed by atoms with Gasteiger partial charge in [-0.15, -0.1) is 0 Å². The average molecular weight is 248 g/mol. The van der Waals surface area contributed by atoms with Gasteiger partial charge < -0.3 is 0 Å². The van der Waals surface area contributed by atoms with Gasteiger partial charge in [-0.25, -0.2) is 4.39 Å². The Balaban J connectivity index is 2.09. The number of rotatable bonds is 2. The molecule has 0 nitrogen and oxygen atoms in total. The van der Waals surface area contributed by atoms with Gasteiger partial charge in [-0.05, 0) is 28.8 Å². The molecule has 0 aliphatic heterocycles. The number of hydrogen-bond acceptors (Lipinski definition) is 0. The van der Waals surface area contributed by atoms with Gasteiger partial charge >= 0.3 is 0 Å². The van der Waals surface area contributed by atoms with Crippen LogP contribution in [-0.2, 0) is 0 Å². The first kappa shape index (κ1) is 11.7.